The standard InChI is InChI=1S/C18H21N5O/c1-13-12-19-9-8-14(13)20-10-11-21-18(24)7-6-17-22-15-4-2-3-5-16(15)23-17/h2-5,8-9,12H,6-7,10-11H2,1H3,(H,19,20)(H,21,24)(H,22,23). The highest BCUT2D eigenvalue weighted by atomic mass is 16.1. The Morgan fingerprint density at radius 3 is 2.92 bits per heavy atom. The maximum atomic E-state index is 11.9. The first-order valence-electron chi connectivity index (χ1n) is 8.07. The third kappa shape index (κ3) is 4.10. The molecule has 0 aliphatic rings. The Bertz CT molecular complexity index is 794. The van der Waals surface area contributed by atoms with Gasteiger partial charge in [-0.15, -0.1) is 0 Å². The summed E-state index contributed by atoms with van der Waals surface area (Å²) in [6, 6.07) is 9.80. The van der Waals surface area contributed by atoms with Crippen LogP contribution in [0.25, 0.3) is 11.0 Å². The number of amides is 1. The van der Waals surface area contributed by atoms with E-state index in [0.717, 1.165) is 28.1 Å². The van der Waals surface area contributed by atoms with Crippen molar-refractivity contribution in [1.82, 2.24) is 20.3 Å². The van der Waals surface area contributed by atoms with Crippen molar-refractivity contribution < 1.29 is 4.79 Å². The highest BCUT2D eigenvalue weighted by Gasteiger charge is 2.06. The van der Waals surface area contributed by atoms with Crippen LogP contribution in [0.5, 0.6) is 0 Å². The van der Waals surface area contributed by atoms with Crippen LogP contribution in [0.3, 0.4) is 0 Å². The summed E-state index contributed by atoms with van der Waals surface area (Å²) >= 11 is 0. The lowest BCUT2D eigenvalue weighted by Crippen LogP contribution is -2.29. The number of anilines is 1. The summed E-state index contributed by atoms with van der Waals surface area (Å²) in [6.07, 6.45) is 4.60. The van der Waals surface area contributed by atoms with Gasteiger partial charge in [0.25, 0.3) is 0 Å². The van der Waals surface area contributed by atoms with Gasteiger partial charge in [-0.1, -0.05) is 12.1 Å². The van der Waals surface area contributed by atoms with Gasteiger partial charge in [-0.2, -0.15) is 0 Å². The molecule has 124 valence electrons. The normalized spacial score (nSPS) is 10.7. The lowest BCUT2D eigenvalue weighted by molar-refractivity contribution is -0.121. The van der Waals surface area contributed by atoms with Crippen molar-refractivity contribution in [3.8, 4) is 0 Å². The topological polar surface area (TPSA) is 82.7 Å². The number of hydrogen-bond donors (Lipinski definition) is 3. The molecule has 0 fully saturated rings. The average Bonchev–Trinajstić information content (AvgIpc) is 3.01. The molecule has 0 bridgehead atoms. The molecule has 6 heteroatoms. The number of aromatic amines is 1. The Balaban J connectivity index is 1.39. The molecule has 3 aromatic rings. The third-order valence-electron chi connectivity index (χ3n) is 3.81. The number of benzene rings is 1. The van der Waals surface area contributed by atoms with E-state index < -0.39 is 0 Å². The van der Waals surface area contributed by atoms with Crippen molar-refractivity contribution in [1.29, 1.82) is 0 Å². The highest BCUT2D eigenvalue weighted by Crippen LogP contribution is 2.11. The molecule has 3 N–H and O–H groups in total. The summed E-state index contributed by atoms with van der Waals surface area (Å²) < 4.78 is 0. The van der Waals surface area contributed by atoms with Gasteiger partial charge in [0.15, 0.2) is 0 Å². The van der Waals surface area contributed by atoms with Crippen LogP contribution in [0.15, 0.2) is 42.7 Å². The fourth-order valence-electron chi connectivity index (χ4n) is 2.52. The van der Waals surface area contributed by atoms with E-state index in [4.69, 9.17) is 0 Å². The van der Waals surface area contributed by atoms with Crippen LogP contribution in [-0.4, -0.2) is 33.9 Å². The monoisotopic (exact) mass is 323 g/mol. The molecule has 1 amide bonds. The molecule has 0 unspecified atom stereocenters. The summed E-state index contributed by atoms with van der Waals surface area (Å²) in [4.78, 5) is 23.7. The molecule has 0 atom stereocenters. The first kappa shape index (κ1) is 16.0. The molecule has 2 aromatic heterocycles. The zero-order chi connectivity index (χ0) is 16.8. The van der Waals surface area contributed by atoms with Crippen LogP contribution < -0.4 is 10.6 Å². The molecule has 0 saturated heterocycles. The van der Waals surface area contributed by atoms with Crippen molar-refractivity contribution in [2.24, 2.45) is 0 Å². The van der Waals surface area contributed by atoms with Gasteiger partial charge in [-0.25, -0.2) is 4.98 Å². The first-order chi connectivity index (χ1) is 11.7. The van der Waals surface area contributed by atoms with Crippen molar-refractivity contribution in [3.63, 3.8) is 0 Å². The Hall–Kier alpha value is -2.89. The molecule has 3 rings (SSSR count). The third-order valence-corrected chi connectivity index (χ3v) is 3.81. The molecule has 0 saturated carbocycles. The zero-order valence-electron chi connectivity index (χ0n) is 13.7. The second-order valence-corrected chi connectivity index (χ2v) is 5.67. The lowest BCUT2D eigenvalue weighted by Gasteiger charge is -2.09. The van der Waals surface area contributed by atoms with Crippen LogP contribution in [0.4, 0.5) is 5.69 Å². The van der Waals surface area contributed by atoms with E-state index >= 15 is 0 Å². The molecular formula is C18H21N5O. The van der Waals surface area contributed by atoms with Gasteiger partial charge >= 0.3 is 0 Å². The number of carbonyl (C=O) groups excluding carboxylic acids is 1. The van der Waals surface area contributed by atoms with Crippen LogP contribution in [0.2, 0.25) is 0 Å². The molecular weight excluding hydrogens is 302 g/mol. The fourth-order valence-corrected chi connectivity index (χ4v) is 2.52. The minimum Gasteiger partial charge on any atom is -0.383 e. The quantitative estimate of drug-likeness (QED) is 0.583. The molecule has 6 nitrogen and oxygen atoms in total. The number of aryl methyl sites for hydroxylation is 2. The van der Waals surface area contributed by atoms with Crippen LogP contribution in [0.1, 0.15) is 17.8 Å². The first-order valence-corrected chi connectivity index (χ1v) is 8.07. The summed E-state index contributed by atoms with van der Waals surface area (Å²) in [7, 11) is 0. The summed E-state index contributed by atoms with van der Waals surface area (Å²) in [5.74, 6) is 0.876. The molecule has 0 spiro atoms. The van der Waals surface area contributed by atoms with Crippen LogP contribution in [0, 0.1) is 6.92 Å². The van der Waals surface area contributed by atoms with Gasteiger partial charge in [-0.05, 0) is 30.7 Å². The van der Waals surface area contributed by atoms with Crippen LogP contribution in [-0.2, 0) is 11.2 Å². The summed E-state index contributed by atoms with van der Waals surface area (Å²) in [5, 5.41) is 6.20. The minimum absolute atomic E-state index is 0.0312. The second kappa shape index (κ2) is 7.59. The fraction of sp³-hybridized carbons (Fsp3) is 0.278. The number of H-pyrrole nitrogens is 1. The maximum Gasteiger partial charge on any atom is 0.220 e. The molecule has 1 aromatic carbocycles. The van der Waals surface area contributed by atoms with Gasteiger partial charge < -0.3 is 15.6 Å². The Labute approximate surface area is 140 Å². The van der Waals surface area contributed by atoms with E-state index in [-0.39, 0.29) is 5.91 Å². The van der Waals surface area contributed by atoms with Crippen molar-refractivity contribution >= 4 is 22.6 Å². The lowest BCUT2D eigenvalue weighted by atomic mass is 10.2. The number of rotatable bonds is 7. The van der Waals surface area contributed by atoms with Crippen molar-refractivity contribution in [2.75, 3.05) is 18.4 Å². The second-order valence-electron chi connectivity index (χ2n) is 5.67. The van der Waals surface area contributed by atoms with E-state index in [1.54, 1.807) is 6.20 Å². The molecule has 0 aliphatic heterocycles. The van der Waals surface area contributed by atoms with Crippen molar-refractivity contribution in [3.05, 3.63) is 54.1 Å². The Morgan fingerprint density at radius 2 is 2.08 bits per heavy atom. The molecule has 0 aliphatic carbocycles. The van der Waals surface area contributed by atoms with E-state index in [0.29, 0.717) is 25.9 Å². The van der Waals surface area contributed by atoms with E-state index in [9.17, 15) is 4.79 Å². The number of imidazole rings is 1. The molecule has 2 heterocycles. The van der Waals surface area contributed by atoms with Gasteiger partial charge in [0.1, 0.15) is 5.82 Å². The van der Waals surface area contributed by atoms with E-state index in [1.807, 2.05) is 43.5 Å². The smallest absolute Gasteiger partial charge is 0.220 e. The predicted molar refractivity (Wildman–Crippen MR) is 94.9 cm³/mol. The molecule has 0 radical (unpaired) electrons. The number of nitrogens with zero attached hydrogens (tertiary/aromatic N) is 2. The van der Waals surface area contributed by atoms with E-state index in [2.05, 4.69) is 25.6 Å². The number of carbonyl (C=O) groups is 1. The minimum atomic E-state index is 0.0312. The predicted octanol–water partition coefficient (Wildman–Crippen LogP) is 2.43. The summed E-state index contributed by atoms with van der Waals surface area (Å²) in [6.45, 7) is 3.27. The average molecular weight is 323 g/mol. The Morgan fingerprint density at radius 1 is 1.21 bits per heavy atom. The number of nitrogens with one attached hydrogen (secondary N) is 3. The summed E-state index contributed by atoms with van der Waals surface area (Å²) in [5.41, 5.74) is 4.07. The van der Waals surface area contributed by atoms with Gasteiger partial charge in [0.05, 0.1) is 11.0 Å². The number of fused-ring (bicyclic) bond motifs is 1. The van der Waals surface area contributed by atoms with Crippen molar-refractivity contribution in [2.45, 2.75) is 19.8 Å². The van der Waals surface area contributed by atoms with Crippen LogP contribution >= 0.6 is 0 Å². The van der Waals surface area contributed by atoms with E-state index in [1.165, 1.54) is 0 Å². The number of pyridine rings is 1. The largest absolute Gasteiger partial charge is 0.383 e. The number of hydrogen-bond acceptors (Lipinski definition) is 4. The molecule has 24 heavy (non-hydrogen) atoms. The number of aromatic nitrogens is 3. The SMILES string of the molecule is Cc1cnccc1NCCNC(=O)CCc1nc2ccccc2[nH]1. The number of para-hydroxylation sites is 2. The van der Waals surface area contributed by atoms with Gasteiger partial charge in [0.2, 0.25) is 5.91 Å². The zero-order valence-corrected chi connectivity index (χ0v) is 13.7. The highest BCUT2D eigenvalue weighted by molar-refractivity contribution is 5.77. The maximum absolute atomic E-state index is 11.9. The van der Waals surface area contributed by atoms with Gasteiger partial charge in [-0.3, -0.25) is 9.78 Å². The Kier molecular flexibility index (Phi) is 5.05. The van der Waals surface area contributed by atoms with Gasteiger partial charge in [0, 0.05) is 44.0 Å².